The zero-order valence-electron chi connectivity index (χ0n) is 11.9. The first kappa shape index (κ1) is 16.2. The molecule has 0 bridgehead atoms. The van der Waals surface area contributed by atoms with Crippen LogP contribution in [0, 0.1) is 6.92 Å². The van der Waals surface area contributed by atoms with Crippen molar-refractivity contribution in [2.45, 2.75) is 18.1 Å². The second-order valence-electron chi connectivity index (χ2n) is 4.56. The van der Waals surface area contributed by atoms with Crippen molar-refractivity contribution in [3.05, 3.63) is 46.8 Å². The third kappa shape index (κ3) is 3.92. The number of hydrogen-bond acceptors (Lipinski definition) is 5. The van der Waals surface area contributed by atoms with Gasteiger partial charge in [0.25, 0.3) is 15.9 Å². The summed E-state index contributed by atoms with van der Waals surface area (Å²) in [5.74, 6) is -1.03. The Morgan fingerprint density at radius 2 is 1.86 bits per heavy atom. The summed E-state index contributed by atoms with van der Waals surface area (Å²) in [6.45, 7) is 3.12. The molecule has 8 heteroatoms. The van der Waals surface area contributed by atoms with E-state index in [1.165, 1.54) is 25.1 Å². The Morgan fingerprint density at radius 1 is 1.14 bits per heavy atom. The van der Waals surface area contributed by atoms with Crippen LogP contribution in [0.25, 0.3) is 0 Å². The van der Waals surface area contributed by atoms with Crippen LogP contribution < -0.4 is 10.0 Å². The number of carbonyl (C=O) groups is 2. The number of thiophene rings is 1. The number of benzene rings is 1. The molecule has 0 unspecified atom stereocenters. The number of aryl methyl sites for hydroxylation is 1. The fourth-order valence-corrected chi connectivity index (χ4v) is 3.99. The lowest BCUT2D eigenvalue weighted by molar-refractivity contribution is -0.114. The van der Waals surface area contributed by atoms with Crippen LogP contribution in [-0.2, 0) is 14.8 Å². The van der Waals surface area contributed by atoms with Gasteiger partial charge in [-0.05, 0) is 37.3 Å². The number of amides is 2. The third-order valence-electron chi connectivity index (χ3n) is 2.65. The quantitative estimate of drug-likeness (QED) is 0.893. The van der Waals surface area contributed by atoms with Crippen molar-refractivity contribution in [3.8, 4) is 0 Å². The summed E-state index contributed by atoms with van der Waals surface area (Å²) in [5.41, 5.74) is 0.563. The van der Waals surface area contributed by atoms with Gasteiger partial charge in [0.15, 0.2) is 0 Å². The lowest BCUT2D eigenvalue weighted by Gasteiger charge is -2.07. The Bertz CT molecular complexity index is 825. The molecule has 22 heavy (non-hydrogen) atoms. The van der Waals surface area contributed by atoms with E-state index in [4.69, 9.17) is 0 Å². The van der Waals surface area contributed by atoms with Gasteiger partial charge in [-0.15, -0.1) is 11.3 Å². The van der Waals surface area contributed by atoms with Crippen LogP contribution in [-0.4, -0.2) is 20.2 Å². The van der Waals surface area contributed by atoms with E-state index in [9.17, 15) is 18.0 Å². The van der Waals surface area contributed by atoms with Gasteiger partial charge in [-0.25, -0.2) is 13.1 Å². The molecule has 2 aromatic rings. The summed E-state index contributed by atoms with van der Waals surface area (Å²) in [7, 11) is -3.89. The van der Waals surface area contributed by atoms with Crippen molar-refractivity contribution in [1.29, 1.82) is 0 Å². The number of nitrogens with one attached hydrogen (secondary N) is 2. The van der Waals surface area contributed by atoms with Crippen LogP contribution in [0.4, 0.5) is 5.69 Å². The molecular weight excluding hydrogens is 324 g/mol. The maximum absolute atomic E-state index is 12.1. The number of hydrogen-bond donors (Lipinski definition) is 2. The maximum Gasteiger partial charge on any atom is 0.273 e. The molecule has 2 amide bonds. The van der Waals surface area contributed by atoms with E-state index >= 15 is 0 Å². The Morgan fingerprint density at radius 3 is 2.45 bits per heavy atom. The molecule has 0 aliphatic carbocycles. The average molecular weight is 338 g/mol. The maximum atomic E-state index is 12.1. The van der Waals surface area contributed by atoms with Gasteiger partial charge in [-0.2, -0.15) is 0 Å². The van der Waals surface area contributed by atoms with Gasteiger partial charge in [0, 0.05) is 23.1 Å². The van der Waals surface area contributed by atoms with Crippen LogP contribution in [0.2, 0.25) is 0 Å². The Balaban J connectivity index is 2.20. The largest absolute Gasteiger partial charge is 0.326 e. The fraction of sp³-hybridized carbons (Fsp3) is 0.143. The molecule has 0 radical (unpaired) electrons. The van der Waals surface area contributed by atoms with Gasteiger partial charge in [0.2, 0.25) is 5.91 Å². The fourth-order valence-electron chi connectivity index (χ4n) is 1.73. The molecule has 6 nitrogen and oxygen atoms in total. The van der Waals surface area contributed by atoms with Crippen LogP contribution in [0.1, 0.15) is 22.2 Å². The monoisotopic (exact) mass is 338 g/mol. The molecule has 1 aromatic heterocycles. The number of rotatable bonds is 4. The topological polar surface area (TPSA) is 92.3 Å². The van der Waals surface area contributed by atoms with Crippen LogP contribution in [0.5, 0.6) is 0 Å². The Kier molecular flexibility index (Phi) is 4.62. The van der Waals surface area contributed by atoms with Crippen molar-refractivity contribution in [3.63, 3.8) is 0 Å². The SMILES string of the molecule is CC(=O)Nc1cccc(C(=O)NS(=O)(=O)c2ccc(C)s2)c1. The molecule has 0 atom stereocenters. The number of carbonyl (C=O) groups excluding carboxylic acids is 2. The zero-order valence-corrected chi connectivity index (χ0v) is 13.5. The van der Waals surface area contributed by atoms with E-state index in [-0.39, 0.29) is 15.7 Å². The first-order chi connectivity index (χ1) is 10.3. The summed E-state index contributed by atoms with van der Waals surface area (Å²) < 4.78 is 26.3. The summed E-state index contributed by atoms with van der Waals surface area (Å²) in [6, 6.07) is 9.16. The van der Waals surface area contributed by atoms with E-state index in [1.54, 1.807) is 25.1 Å². The molecule has 0 fully saturated rings. The molecule has 0 saturated carbocycles. The van der Waals surface area contributed by atoms with Gasteiger partial charge in [-0.3, -0.25) is 9.59 Å². The first-order valence-electron chi connectivity index (χ1n) is 6.29. The molecule has 0 spiro atoms. The predicted octanol–water partition coefficient (Wildman–Crippen LogP) is 2.13. The first-order valence-corrected chi connectivity index (χ1v) is 8.59. The van der Waals surface area contributed by atoms with E-state index in [1.807, 2.05) is 4.72 Å². The third-order valence-corrected chi connectivity index (χ3v) is 5.48. The zero-order chi connectivity index (χ0) is 16.3. The second-order valence-corrected chi connectivity index (χ2v) is 7.76. The average Bonchev–Trinajstić information content (AvgIpc) is 2.85. The lowest BCUT2D eigenvalue weighted by Crippen LogP contribution is -2.30. The summed E-state index contributed by atoms with van der Waals surface area (Å²) >= 11 is 1.08. The smallest absolute Gasteiger partial charge is 0.273 e. The highest BCUT2D eigenvalue weighted by Crippen LogP contribution is 2.20. The summed E-state index contributed by atoms with van der Waals surface area (Å²) in [5, 5.41) is 2.53. The molecular formula is C14H14N2O4S2. The molecule has 1 aromatic carbocycles. The van der Waals surface area contributed by atoms with Crippen LogP contribution in [0.15, 0.2) is 40.6 Å². The summed E-state index contributed by atoms with van der Waals surface area (Å²) in [4.78, 5) is 23.9. The minimum atomic E-state index is -3.89. The highest BCUT2D eigenvalue weighted by molar-refractivity contribution is 7.92. The minimum Gasteiger partial charge on any atom is -0.326 e. The van der Waals surface area contributed by atoms with Crippen molar-refractivity contribution in [1.82, 2.24) is 4.72 Å². The molecule has 116 valence electrons. The molecule has 0 aliphatic rings. The van der Waals surface area contributed by atoms with Gasteiger partial charge >= 0.3 is 0 Å². The minimum absolute atomic E-state index is 0.0800. The van der Waals surface area contributed by atoms with Gasteiger partial charge < -0.3 is 5.32 Å². The molecule has 2 rings (SSSR count). The highest BCUT2D eigenvalue weighted by Gasteiger charge is 2.20. The van der Waals surface area contributed by atoms with E-state index < -0.39 is 15.9 Å². The van der Waals surface area contributed by atoms with Gasteiger partial charge in [0.05, 0.1) is 0 Å². The molecule has 0 aliphatic heterocycles. The molecule has 1 heterocycles. The van der Waals surface area contributed by atoms with E-state index in [0.29, 0.717) is 5.69 Å². The van der Waals surface area contributed by atoms with Crippen molar-refractivity contribution in [2.75, 3.05) is 5.32 Å². The van der Waals surface area contributed by atoms with Crippen LogP contribution >= 0.6 is 11.3 Å². The normalized spacial score (nSPS) is 11.0. The number of sulfonamides is 1. The standard InChI is InChI=1S/C14H14N2O4S2/c1-9-6-7-13(21-9)22(19,20)16-14(18)11-4-3-5-12(8-11)15-10(2)17/h3-8H,1-2H3,(H,15,17)(H,16,18). The van der Waals surface area contributed by atoms with Crippen molar-refractivity contribution >= 4 is 38.9 Å². The lowest BCUT2D eigenvalue weighted by atomic mass is 10.2. The van der Waals surface area contributed by atoms with E-state index in [0.717, 1.165) is 16.2 Å². The van der Waals surface area contributed by atoms with Gasteiger partial charge in [-0.1, -0.05) is 6.07 Å². The van der Waals surface area contributed by atoms with Gasteiger partial charge in [0.1, 0.15) is 4.21 Å². The highest BCUT2D eigenvalue weighted by atomic mass is 32.2. The molecule has 2 N–H and O–H groups in total. The van der Waals surface area contributed by atoms with Crippen LogP contribution in [0.3, 0.4) is 0 Å². The number of anilines is 1. The summed E-state index contributed by atoms with van der Waals surface area (Å²) in [6.07, 6.45) is 0. The molecule has 0 saturated heterocycles. The Labute approximate surface area is 132 Å². The van der Waals surface area contributed by atoms with Crippen molar-refractivity contribution < 1.29 is 18.0 Å². The predicted molar refractivity (Wildman–Crippen MR) is 84.5 cm³/mol. The Hall–Kier alpha value is -2.19. The van der Waals surface area contributed by atoms with Crippen molar-refractivity contribution in [2.24, 2.45) is 0 Å². The van der Waals surface area contributed by atoms with E-state index in [2.05, 4.69) is 5.32 Å². The second kappa shape index (κ2) is 6.29.